The number of ether oxygens (including phenoxy) is 2. The molecule has 2 aromatic carbocycles. The molecule has 0 unspecified atom stereocenters. The Labute approximate surface area is 206 Å². The Bertz CT molecular complexity index is 1260. The lowest BCUT2D eigenvalue weighted by Crippen LogP contribution is -2.39. The average molecular weight is 497 g/mol. The number of carbonyl (C=O) groups excluding carboxylic acids is 1. The Hall–Kier alpha value is -2.58. The number of anilines is 1. The van der Waals surface area contributed by atoms with Gasteiger partial charge in [-0.3, -0.25) is 9.52 Å². The van der Waals surface area contributed by atoms with Crippen LogP contribution in [-0.4, -0.2) is 51.4 Å². The van der Waals surface area contributed by atoms with Crippen LogP contribution in [0, 0.1) is 0 Å². The minimum atomic E-state index is -3.89. The first-order chi connectivity index (χ1) is 16.9. The molecule has 186 valence electrons. The lowest BCUT2D eigenvalue weighted by molar-refractivity contribution is -0.125. The van der Waals surface area contributed by atoms with Gasteiger partial charge in [0.1, 0.15) is 28.3 Å². The highest BCUT2D eigenvalue weighted by Gasteiger charge is 2.51. The van der Waals surface area contributed by atoms with Gasteiger partial charge in [-0.05, 0) is 62.3 Å². The van der Waals surface area contributed by atoms with Crippen molar-refractivity contribution in [3.63, 3.8) is 0 Å². The van der Waals surface area contributed by atoms with Gasteiger partial charge in [0.05, 0.1) is 18.2 Å². The maximum absolute atomic E-state index is 13.3. The molecule has 0 radical (unpaired) electrons. The highest BCUT2D eigenvalue weighted by atomic mass is 32.2. The zero-order chi connectivity index (χ0) is 24.2. The molecule has 8 heteroatoms. The second kappa shape index (κ2) is 8.52. The number of nitrogens with zero attached hydrogens (tertiary/aromatic N) is 1. The number of hydrogen-bond donors (Lipinski definition) is 1. The third-order valence-electron chi connectivity index (χ3n) is 8.25. The van der Waals surface area contributed by atoms with Gasteiger partial charge in [-0.2, -0.15) is 0 Å². The van der Waals surface area contributed by atoms with E-state index in [-0.39, 0.29) is 22.5 Å². The molecule has 3 aliphatic carbocycles. The summed E-state index contributed by atoms with van der Waals surface area (Å²) in [6.45, 7) is 2.06. The number of fused-ring (bicyclic) bond motifs is 2. The third-order valence-corrected chi connectivity index (χ3v) is 9.67. The van der Waals surface area contributed by atoms with Crippen LogP contribution >= 0.6 is 0 Å². The molecular weight excluding hydrogens is 464 g/mol. The smallest absolute Gasteiger partial charge is 0.265 e. The molecule has 0 bridgehead atoms. The summed E-state index contributed by atoms with van der Waals surface area (Å²) < 4.78 is 41.1. The standard InChI is InChI=1S/C27H32N2O5S/c1-33-23-5-2-3-6-25(23)35(31,32)28-18-15-22-21(17-26(30)27(22)11-4-12-27)24(16-18)34-20-9-13-29(14-10-20)19-7-8-19/h2-3,5-6,15-16,19-20,28H,4,7-14,17H2,1H3. The Morgan fingerprint density at radius 1 is 1.03 bits per heavy atom. The number of para-hydroxylation sites is 1. The average Bonchev–Trinajstić information content (AvgIpc) is 3.61. The Kier molecular flexibility index (Phi) is 5.56. The van der Waals surface area contributed by atoms with E-state index < -0.39 is 15.4 Å². The van der Waals surface area contributed by atoms with Crippen molar-refractivity contribution in [1.82, 2.24) is 4.90 Å². The molecule has 2 aromatic rings. The van der Waals surface area contributed by atoms with Crippen molar-refractivity contribution in [2.45, 2.75) is 73.8 Å². The first-order valence-electron chi connectivity index (χ1n) is 12.7. The summed E-state index contributed by atoms with van der Waals surface area (Å²) in [5, 5.41) is 0. The molecule has 1 spiro atoms. The summed E-state index contributed by atoms with van der Waals surface area (Å²) in [6.07, 6.45) is 7.59. The maximum Gasteiger partial charge on any atom is 0.265 e. The van der Waals surface area contributed by atoms with Crippen molar-refractivity contribution in [1.29, 1.82) is 0 Å². The van der Waals surface area contributed by atoms with Crippen molar-refractivity contribution in [3.05, 3.63) is 47.5 Å². The van der Waals surface area contributed by atoms with E-state index in [9.17, 15) is 13.2 Å². The molecule has 0 amide bonds. The van der Waals surface area contributed by atoms with E-state index in [2.05, 4.69) is 9.62 Å². The number of carbonyl (C=O) groups is 1. The van der Waals surface area contributed by atoms with E-state index in [4.69, 9.17) is 9.47 Å². The van der Waals surface area contributed by atoms with Crippen LogP contribution < -0.4 is 14.2 Å². The number of sulfonamides is 1. The second-order valence-electron chi connectivity index (χ2n) is 10.4. The van der Waals surface area contributed by atoms with Crippen molar-refractivity contribution < 1.29 is 22.7 Å². The maximum atomic E-state index is 13.3. The van der Waals surface area contributed by atoms with Crippen LogP contribution in [0.3, 0.4) is 0 Å². The Morgan fingerprint density at radius 3 is 2.43 bits per heavy atom. The monoisotopic (exact) mass is 496 g/mol. The van der Waals surface area contributed by atoms with E-state index in [1.165, 1.54) is 26.0 Å². The molecular formula is C27H32N2O5S. The molecule has 4 aliphatic rings. The number of piperidine rings is 1. The number of benzene rings is 2. The lowest BCUT2D eigenvalue weighted by atomic mass is 9.64. The van der Waals surface area contributed by atoms with Gasteiger partial charge in [-0.25, -0.2) is 8.42 Å². The van der Waals surface area contributed by atoms with Crippen molar-refractivity contribution in [2.75, 3.05) is 24.9 Å². The van der Waals surface area contributed by atoms with E-state index in [1.54, 1.807) is 24.3 Å². The van der Waals surface area contributed by atoms with Crippen molar-refractivity contribution in [2.24, 2.45) is 0 Å². The van der Waals surface area contributed by atoms with E-state index in [0.717, 1.165) is 62.4 Å². The molecule has 1 aliphatic heterocycles. The topological polar surface area (TPSA) is 84.9 Å². The molecule has 3 fully saturated rings. The Balaban J connectivity index is 1.32. The van der Waals surface area contributed by atoms with Crippen LogP contribution in [0.4, 0.5) is 5.69 Å². The summed E-state index contributed by atoms with van der Waals surface area (Å²) in [6, 6.07) is 10.9. The first-order valence-corrected chi connectivity index (χ1v) is 14.2. The van der Waals surface area contributed by atoms with Crippen LogP contribution in [0.1, 0.15) is 56.1 Å². The summed E-state index contributed by atoms with van der Waals surface area (Å²) in [4.78, 5) is 15.7. The van der Waals surface area contributed by atoms with Crippen LogP contribution in [0.2, 0.25) is 0 Å². The molecule has 0 aromatic heterocycles. The van der Waals surface area contributed by atoms with Gasteiger partial charge in [0.2, 0.25) is 0 Å². The lowest BCUT2D eigenvalue weighted by Gasteiger charge is -2.38. The zero-order valence-electron chi connectivity index (χ0n) is 20.1. The predicted molar refractivity (Wildman–Crippen MR) is 133 cm³/mol. The van der Waals surface area contributed by atoms with Crippen LogP contribution in [0.25, 0.3) is 0 Å². The fourth-order valence-corrected chi connectivity index (χ4v) is 7.22. The fraction of sp³-hybridized carbons (Fsp3) is 0.519. The largest absolute Gasteiger partial charge is 0.495 e. The van der Waals surface area contributed by atoms with Gasteiger partial charge in [-0.15, -0.1) is 0 Å². The van der Waals surface area contributed by atoms with E-state index in [0.29, 0.717) is 17.9 Å². The molecule has 0 atom stereocenters. The number of methoxy groups -OCH3 is 1. The van der Waals surface area contributed by atoms with Crippen molar-refractivity contribution >= 4 is 21.5 Å². The minimum Gasteiger partial charge on any atom is -0.495 e. The van der Waals surface area contributed by atoms with Gasteiger partial charge >= 0.3 is 0 Å². The van der Waals surface area contributed by atoms with Crippen LogP contribution in [-0.2, 0) is 26.7 Å². The number of likely N-dealkylation sites (tertiary alicyclic amines) is 1. The molecule has 1 saturated heterocycles. The van der Waals surface area contributed by atoms with Gasteiger partial charge < -0.3 is 14.4 Å². The number of rotatable bonds is 7. The minimum absolute atomic E-state index is 0.0724. The summed E-state index contributed by atoms with van der Waals surface area (Å²) in [5.41, 5.74) is 1.84. The highest BCUT2D eigenvalue weighted by molar-refractivity contribution is 7.92. The quantitative estimate of drug-likeness (QED) is 0.623. The molecule has 6 rings (SSSR count). The zero-order valence-corrected chi connectivity index (χ0v) is 20.9. The van der Waals surface area contributed by atoms with Crippen molar-refractivity contribution in [3.8, 4) is 11.5 Å². The summed E-state index contributed by atoms with van der Waals surface area (Å²) in [7, 11) is -2.44. The SMILES string of the molecule is COc1ccccc1S(=O)(=O)Nc1cc(OC2CCN(C3CC3)CC2)c2c(c1)C1(CCC1)C(=O)C2. The molecule has 35 heavy (non-hydrogen) atoms. The fourth-order valence-electron chi connectivity index (χ4n) is 6.01. The van der Waals surface area contributed by atoms with Crippen LogP contribution in [0.5, 0.6) is 11.5 Å². The van der Waals surface area contributed by atoms with Gasteiger partial charge in [0, 0.05) is 37.2 Å². The van der Waals surface area contributed by atoms with E-state index >= 15 is 0 Å². The van der Waals surface area contributed by atoms with Gasteiger partial charge in [-0.1, -0.05) is 18.6 Å². The van der Waals surface area contributed by atoms with Gasteiger partial charge in [0.25, 0.3) is 10.0 Å². The number of nitrogens with one attached hydrogen (secondary N) is 1. The highest BCUT2D eigenvalue weighted by Crippen LogP contribution is 2.53. The van der Waals surface area contributed by atoms with Gasteiger partial charge in [0.15, 0.2) is 0 Å². The Morgan fingerprint density at radius 2 is 1.77 bits per heavy atom. The molecule has 1 heterocycles. The summed E-state index contributed by atoms with van der Waals surface area (Å²) >= 11 is 0. The normalized spacial score (nSPS) is 22.0. The first kappa shape index (κ1) is 22.9. The molecule has 7 nitrogen and oxygen atoms in total. The molecule has 2 saturated carbocycles. The number of Topliss-reactive ketones (excluding diaryl/α,β-unsaturated/α-hetero) is 1. The third kappa shape index (κ3) is 4.00. The number of hydrogen-bond acceptors (Lipinski definition) is 6. The summed E-state index contributed by atoms with van der Waals surface area (Å²) in [5.74, 6) is 1.17. The van der Waals surface area contributed by atoms with E-state index in [1.807, 2.05) is 6.07 Å². The molecule has 1 N–H and O–H groups in total. The number of ketones is 1. The second-order valence-corrected chi connectivity index (χ2v) is 12.0. The predicted octanol–water partition coefficient (Wildman–Crippen LogP) is 4.05. The van der Waals surface area contributed by atoms with Crippen LogP contribution in [0.15, 0.2) is 41.3 Å².